The molecule has 1 aromatic heterocycles. The molecular weight excluding hydrogens is 182 g/mol. The van der Waals surface area contributed by atoms with Crippen LogP contribution in [0.15, 0.2) is 10.7 Å². The Bertz CT molecular complexity index is 335. The second-order valence-electron chi connectivity index (χ2n) is 3.58. The zero-order chi connectivity index (χ0) is 9.97. The molecule has 76 valence electrons. The maximum Gasteiger partial charge on any atom is 0.237 e. The van der Waals surface area contributed by atoms with Crippen molar-refractivity contribution in [2.24, 2.45) is 11.8 Å². The van der Waals surface area contributed by atoms with Gasteiger partial charge >= 0.3 is 0 Å². The number of carbonyl (C=O) groups excluding carboxylic acids is 1. The zero-order valence-electron chi connectivity index (χ0n) is 7.82. The minimum Gasteiger partial charge on any atom is -0.361 e. The molecule has 0 aliphatic heterocycles. The van der Waals surface area contributed by atoms with Crippen LogP contribution in [0.3, 0.4) is 0 Å². The van der Waals surface area contributed by atoms with Crippen LogP contribution in [0.25, 0.3) is 0 Å². The molecule has 1 aromatic rings. The largest absolute Gasteiger partial charge is 0.361 e. The van der Waals surface area contributed by atoms with Crippen LogP contribution in [-0.2, 0) is 17.6 Å². The molecule has 0 spiro atoms. The number of rotatable bonds is 1. The van der Waals surface area contributed by atoms with E-state index in [2.05, 4.69) is 10.6 Å². The average molecular weight is 195 g/mol. The fourth-order valence-electron chi connectivity index (χ4n) is 1.86. The molecule has 0 bridgehead atoms. The van der Waals surface area contributed by atoms with Gasteiger partial charge in [0.25, 0.3) is 0 Å². The van der Waals surface area contributed by atoms with E-state index in [1.807, 2.05) is 0 Å². The van der Waals surface area contributed by atoms with E-state index in [1.54, 1.807) is 6.20 Å². The Morgan fingerprint density at radius 2 is 2.57 bits per heavy atom. The fourth-order valence-corrected chi connectivity index (χ4v) is 1.86. The molecule has 1 heterocycles. The van der Waals surface area contributed by atoms with Gasteiger partial charge in [0.05, 0.1) is 6.20 Å². The summed E-state index contributed by atoms with van der Waals surface area (Å²) < 4.78 is 5.09. The second-order valence-corrected chi connectivity index (χ2v) is 3.58. The summed E-state index contributed by atoms with van der Waals surface area (Å²) in [5.41, 5.74) is 3.31. The summed E-state index contributed by atoms with van der Waals surface area (Å²) in [6.45, 7) is 0. The second kappa shape index (κ2) is 3.79. The number of hydrogen-bond acceptors (Lipinski definition) is 4. The van der Waals surface area contributed by atoms with E-state index in [9.17, 15) is 4.79 Å². The van der Waals surface area contributed by atoms with Crippen molar-refractivity contribution in [1.82, 2.24) is 10.6 Å². The van der Waals surface area contributed by atoms with E-state index in [4.69, 9.17) is 10.4 Å². The minimum absolute atomic E-state index is 0.0748. The number of aromatic nitrogens is 1. The lowest BCUT2D eigenvalue weighted by Gasteiger charge is -2.10. The Hall–Kier alpha value is -1.36. The van der Waals surface area contributed by atoms with Gasteiger partial charge in [0.15, 0.2) is 0 Å². The van der Waals surface area contributed by atoms with E-state index >= 15 is 0 Å². The predicted octanol–water partition coefficient (Wildman–Crippen LogP) is 0.159. The molecule has 0 fully saturated rings. The molecule has 1 amide bonds. The minimum atomic E-state index is -0.116. The Morgan fingerprint density at radius 3 is 3.36 bits per heavy atom. The molecule has 0 unspecified atom stereocenters. The first-order chi connectivity index (χ1) is 6.81. The number of fused-ring (bicyclic) bond motifs is 1. The molecule has 14 heavy (non-hydrogen) atoms. The van der Waals surface area contributed by atoms with Crippen molar-refractivity contribution in [2.45, 2.75) is 25.7 Å². The van der Waals surface area contributed by atoms with Crippen molar-refractivity contribution in [2.75, 3.05) is 0 Å². The fraction of sp³-hybridized carbons (Fsp3) is 0.556. The Balaban J connectivity index is 2.15. The molecule has 0 saturated heterocycles. The van der Waals surface area contributed by atoms with Gasteiger partial charge in [-0.2, -0.15) is 0 Å². The molecule has 5 nitrogen and oxygen atoms in total. The van der Waals surface area contributed by atoms with Crippen LogP contribution in [0.4, 0.5) is 0 Å². The van der Waals surface area contributed by atoms with Gasteiger partial charge in [-0.25, -0.2) is 5.84 Å². The van der Waals surface area contributed by atoms with Crippen LogP contribution in [0.5, 0.6) is 0 Å². The van der Waals surface area contributed by atoms with Crippen LogP contribution in [0.1, 0.15) is 24.2 Å². The Morgan fingerprint density at radius 1 is 1.71 bits per heavy atom. The van der Waals surface area contributed by atoms with E-state index in [0.29, 0.717) is 6.42 Å². The van der Waals surface area contributed by atoms with Crippen LogP contribution in [-0.4, -0.2) is 11.1 Å². The lowest BCUT2D eigenvalue weighted by Crippen LogP contribution is -2.36. The standard InChI is InChI=1S/C9H13N3O2/c10-12-9(13)6-2-1-3-7-5-11-14-8(7)4-6/h5-6H,1-4,10H2,(H,12,13)/t6-/m0/s1. The van der Waals surface area contributed by atoms with Gasteiger partial charge < -0.3 is 4.52 Å². The highest BCUT2D eigenvalue weighted by Gasteiger charge is 2.24. The van der Waals surface area contributed by atoms with Crippen LogP contribution in [0, 0.1) is 5.92 Å². The summed E-state index contributed by atoms with van der Waals surface area (Å²) in [7, 11) is 0. The molecule has 0 aromatic carbocycles. The van der Waals surface area contributed by atoms with Crippen LogP contribution < -0.4 is 11.3 Å². The molecule has 1 aliphatic rings. The molecule has 1 atom stereocenters. The lowest BCUT2D eigenvalue weighted by molar-refractivity contribution is -0.125. The first-order valence-corrected chi connectivity index (χ1v) is 4.74. The number of amides is 1. The number of nitrogens with zero attached hydrogens (tertiary/aromatic N) is 1. The van der Waals surface area contributed by atoms with Crippen molar-refractivity contribution >= 4 is 5.91 Å². The Labute approximate surface area is 81.6 Å². The Kier molecular flexibility index (Phi) is 2.49. The van der Waals surface area contributed by atoms with Gasteiger partial charge in [0.1, 0.15) is 5.76 Å². The third-order valence-electron chi connectivity index (χ3n) is 2.67. The van der Waals surface area contributed by atoms with Crippen molar-refractivity contribution in [3.63, 3.8) is 0 Å². The smallest absolute Gasteiger partial charge is 0.237 e. The third-order valence-corrected chi connectivity index (χ3v) is 2.67. The summed E-state index contributed by atoms with van der Waals surface area (Å²) in [6.07, 6.45) is 5.11. The maximum atomic E-state index is 11.4. The normalized spacial score (nSPS) is 21.1. The molecule has 0 radical (unpaired) electrons. The maximum absolute atomic E-state index is 11.4. The lowest BCUT2D eigenvalue weighted by atomic mass is 10.00. The molecule has 3 N–H and O–H groups in total. The summed E-state index contributed by atoms with van der Waals surface area (Å²) in [5, 5.41) is 3.73. The van der Waals surface area contributed by atoms with Crippen LogP contribution in [0.2, 0.25) is 0 Å². The number of aryl methyl sites for hydroxylation is 1. The van der Waals surface area contributed by atoms with Crippen molar-refractivity contribution in [3.8, 4) is 0 Å². The van der Waals surface area contributed by atoms with E-state index in [0.717, 1.165) is 30.6 Å². The van der Waals surface area contributed by atoms with Gasteiger partial charge in [0.2, 0.25) is 5.91 Å². The van der Waals surface area contributed by atoms with E-state index < -0.39 is 0 Å². The number of nitrogens with one attached hydrogen (secondary N) is 1. The number of nitrogens with two attached hydrogens (primary N) is 1. The summed E-state index contributed by atoms with van der Waals surface area (Å²) in [5.74, 6) is 5.74. The zero-order valence-corrected chi connectivity index (χ0v) is 7.82. The highest BCUT2D eigenvalue weighted by molar-refractivity contribution is 5.78. The molecular formula is C9H13N3O2. The van der Waals surface area contributed by atoms with Crippen molar-refractivity contribution < 1.29 is 9.32 Å². The predicted molar refractivity (Wildman–Crippen MR) is 49.0 cm³/mol. The topological polar surface area (TPSA) is 81.1 Å². The van der Waals surface area contributed by atoms with Gasteiger partial charge in [-0.15, -0.1) is 0 Å². The number of hydrogen-bond donors (Lipinski definition) is 2. The highest BCUT2D eigenvalue weighted by atomic mass is 16.5. The van der Waals surface area contributed by atoms with E-state index in [1.165, 1.54) is 0 Å². The monoisotopic (exact) mass is 195 g/mol. The third kappa shape index (κ3) is 1.63. The SMILES string of the molecule is NNC(=O)[C@H]1CCCc2cnoc2C1. The first-order valence-electron chi connectivity index (χ1n) is 4.74. The van der Waals surface area contributed by atoms with E-state index in [-0.39, 0.29) is 11.8 Å². The number of hydrazine groups is 1. The molecule has 2 rings (SSSR count). The van der Waals surface area contributed by atoms with Gasteiger partial charge in [-0.1, -0.05) is 5.16 Å². The van der Waals surface area contributed by atoms with Crippen LogP contribution >= 0.6 is 0 Å². The quantitative estimate of drug-likeness (QED) is 0.289. The number of carbonyl (C=O) groups is 1. The summed E-state index contributed by atoms with van der Waals surface area (Å²) in [4.78, 5) is 11.4. The molecule has 0 saturated carbocycles. The van der Waals surface area contributed by atoms with Crippen molar-refractivity contribution in [1.29, 1.82) is 0 Å². The van der Waals surface area contributed by atoms with Gasteiger partial charge in [-0.3, -0.25) is 10.2 Å². The highest BCUT2D eigenvalue weighted by Crippen LogP contribution is 2.24. The summed E-state index contributed by atoms with van der Waals surface area (Å²) >= 11 is 0. The van der Waals surface area contributed by atoms with Crippen molar-refractivity contribution in [3.05, 3.63) is 17.5 Å². The summed E-state index contributed by atoms with van der Waals surface area (Å²) in [6, 6.07) is 0. The van der Waals surface area contributed by atoms with Gasteiger partial charge in [-0.05, 0) is 19.3 Å². The molecule has 1 aliphatic carbocycles. The molecule has 5 heteroatoms. The van der Waals surface area contributed by atoms with Gasteiger partial charge in [0, 0.05) is 17.9 Å². The first kappa shape index (κ1) is 9.21. The average Bonchev–Trinajstić information content (AvgIpc) is 2.54.